The molecule has 3 rings (SSSR count). The number of carbonyl (C=O) groups excluding carboxylic acids is 1. The van der Waals surface area contributed by atoms with E-state index in [1.54, 1.807) is 24.3 Å². The van der Waals surface area contributed by atoms with Gasteiger partial charge < -0.3 is 10.4 Å². The zero-order valence-corrected chi connectivity index (χ0v) is 14.8. The molecule has 1 amide bonds. The van der Waals surface area contributed by atoms with Gasteiger partial charge in [0.15, 0.2) is 0 Å². The molecule has 1 heterocycles. The normalized spacial score (nSPS) is 16.2. The highest BCUT2D eigenvalue weighted by Crippen LogP contribution is 2.16. The molecule has 1 aliphatic rings. The standard InChI is InChI=1S/C21H25FN2O2/c22-19-7-3-2-6-18(19)20(25)14-23-21(26)17-10-8-16(9-11-17)15-24-12-4-1-5-13-24/h2-3,6-11,20,25H,1,4-5,12-15H2,(H,23,26)/t20-/m0/s1. The van der Waals surface area contributed by atoms with Gasteiger partial charge in [-0.05, 0) is 49.7 Å². The Balaban J connectivity index is 1.52. The predicted octanol–water partition coefficient (Wildman–Crippen LogP) is 3.28. The molecule has 0 radical (unpaired) electrons. The Morgan fingerprint density at radius 1 is 1.08 bits per heavy atom. The number of halogens is 1. The minimum Gasteiger partial charge on any atom is -0.386 e. The lowest BCUT2D eigenvalue weighted by molar-refractivity contribution is 0.0914. The molecule has 2 N–H and O–H groups in total. The summed E-state index contributed by atoms with van der Waals surface area (Å²) in [6.45, 7) is 3.15. The second kappa shape index (κ2) is 8.92. The molecular formula is C21H25FN2O2. The fourth-order valence-electron chi connectivity index (χ4n) is 3.28. The smallest absolute Gasteiger partial charge is 0.251 e. The number of rotatable bonds is 6. The van der Waals surface area contributed by atoms with E-state index < -0.39 is 11.9 Å². The fourth-order valence-corrected chi connectivity index (χ4v) is 3.28. The first-order chi connectivity index (χ1) is 12.6. The number of carbonyl (C=O) groups is 1. The molecule has 1 aliphatic heterocycles. The van der Waals surface area contributed by atoms with Crippen molar-refractivity contribution in [2.24, 2.45) is 0 Å². The minimum absolute atomic E-state index is 0.0324. The summed E-state index contributed by atoms with van der Waals surface area (Å²) >= 11 is 0. The van der Waals surface area contributed by atoms with Crippen molar-refractivity contribution in [2.45, 2.75) is 31.9 Å². The van der Waals surface area contributed by atoms with Crippen LogP contribution in [0.25, 0.3) is 0 Å². The minimum atomic E-state index is -1.07. The maximum Gasteiger partial charge on any atom is 0.251 e. The summed E-state index contributed by atoms with van der Waals surface area (Å²) in [6.07, 6.45) is 2.75. The van der Waals surface area contributed by atoms with Gasteiger partial charge in [-0.1, -0.05) is 36.8 Å². The summed E-state index contributed by atoms with van der Waals surface area (Å²) in [5, 5.41) is 12.7. The molecule has 2 aromatic rings. The van der Waals surface area contributed by atoms with Crippen molar-refractivity contribution in [1.82, 2.24) is 10.2 Å². The first kappa shape index (κ1) is 18.5. The number of benzene rings is 2. The van der Waals surface area contributed by atoms with Gasteiger partial charge in [0.2, 0.25) is 0 Å². The number of hydrogen-bond acceptors (Lipinski definition) is 3. The number of piperidine rings is 1. The summed E-state index contributed by atoms with van der Waals surface area (Å²) in [7, 11) is 0. The van der Waals surface area contributed by atoms with Crippen LogP contribution in [0.2, 0.25) is 0 Å². The number of hydrogen-bond donors (Lipinski definition) is 2. The van der Waals surface area contributed by atoms with Crippen LogP contribution in [0.3, 0.4) is 0 Å². The van der Waals surface area contributed by atoms with Crippen LogP contribution in [0.15, 0.2) is 48.5 Å². The highest BCUT2D eigenvalue weighted by atomic mass is 19.1. The Bertz CT molecular complexity index is 727. The summed E-state index contributed by atoms with van der Waals surface area (Å²) in [5.74, 6) is -0.749. The van der Waals surface area contributed by atoms with Crippen LogP contribution in [-0.2, 0) is 6.54 Å². The first-order valence-electron chi connectivity index (χ1n) is 9.15. The molecule has 138 valence electrons. The van der Waals surface area contributed by atoms with Crippen molar-refractivity contribution in [3.8, 4) is 0 Å². The van der Waals surface area contributed by atoms with E-state index in [9.17, 15) is 14.3 Å². The third-order valence-corrected chi connectivity index (χ3v) is 4.79. The average Bonchev–Trinajstić information content (AvgIpc) is 2.67. The summed E-state index contributed by atoms with van der Waals surface area (Å²) in [4.78, 5) is 14.7. The number of nitrogens with zero attached hydrogens (tertiary/aromatic N) is 1. The lowest BCUT2D eigenvalue weighted by atomic mass is 10.1. The van der Waals surface area contributed by atoms with E-state index in [1.165, 1.54) is 37.0 Å². The van der Waals surface area contributed by atoms with E-state index in [4.69, 9.17) is 0 Å². The number of amides is 1. The topological polar surface area (TPSA) is 52.6 Å². The predicted molar refractivity (Wildman–Crippen MR) is 99.3 cm³/mol. The Labute approximate surface area is 153 Å². The van der Waals surface area contributed by atoms with Crippen LogP contribution in [0.1, 0.15) is 46.9 Å². The molecule has 1 saturated heterocycles. The van der Waals surface area contributed by atoms with E-state index in [-0.39, 0.29) is 18.0 Å². The van der Waals surface area contributed by atoms with Crippen molar-refractivity contribution < 1.29 is 14.3 Å². The lowest BCUT2D eigenvalue weighted by Gasteiger charge is -2.26. The zero-order valence-electron chi connectivity index (χ0n) is 14.8. The maximum atomic E-state index is 13.6. The highest BCUT2D eigenvalue weighted by Gasteiger charge is 2.15. The van der Waals surface area contributed by atoms with Gasteiger partial charge in [-0.15, -0.1) is 0 Å². The molecule has 0 aromatic heterocycles. The Kier molecular flexibility index (Phi) is 6.36. The first-order valence-corrected chi connectivity index (χ1v) is 9.15. The molecule has 26 heavy (non-hydrogen) atoms. The lowest BCUT2D eigenvalue weighted by Crippen LogP contribution is -2.29. The van der Waals surface area contributed by atoms with Crippen LogP contribution in [0.5, 0.6) is 0 Å². The SMILES string of the molecule is O=C(NC[C@H](O)c1ccccc1F)c1ccc(CN2CCCCC2)cc1. The summed E-state index contributed by atoms with van der Waals surface area (Å²) < 4.78 is 13.6. The van der Waals surface area contributed by atoms with E-state index in [1.807, 2.05) is 12.1 Å². The third-order valence-electron chi connectivity index (χ3n) is 4.79. The van der Waals surface area contributed by atoms with Gasteiger partial charge in [0.25, 0.3) is 5.91 Å². The van der Waals surface area contributed by atoms with Gasteiger partial charge in [-0.25, -0.2) is 4.39 Å². The maximum absolute atomic E-state index is 13.6. The molecule has 0 saturated carbocycles. The molecular weight excluding hydrogens is 331 g/mol. The van der Waals surface area contributed by atoms with Crippen LogP contribution in [-0.4, -0.2) is 35.5 Å². The van der Waals surface area contributed by atoms with Gasteiger partial charge in [0, 0.05) is 24.2 Å². The van der Waals surface area contributed by atoms with Crippen molar-refractivity contribution in [3.05, 3.63) is 71.0 Å². The van der Waals surface area contributed by atoms with Crippen LogP contribution < -0.4 is 5.32 Å². The van der Waals surface area contributed by atoms with E-state index >= 15 is 0 Å². The second-order valence-corrected chi connectivity index (χ2v) is 6.78. The quantitative estimate of drug-likeness (QED) is 0.835. The molecule has 5 heteroatoms. The Morgan fingerprint density at radius 3 is 2.46 bits per heavy atom. The van der Waals surface area contributed by atoms with E-state index in [2.05, 4.69) is 10.2 Å². The van der Waals surface area contributed by atoms with Crippen molar-refractivity contribution in [2.75, 3.05) is 19.6 Å². The van der Waals surface area contributed by atoms with Crippen LogP contribution in [0.4, 0.5) is 4.39 Å². The Hall–Kier alpha value is -2.24. The number of nitrogens with one attached hydrogen (secondary N) is 1. The zero-order chi connectivity index (χ0) is 18.4. The van der Waals surface area contributed by atoms with Gasteiger partial charge in [0.05, 0.1) is 6.10 Å². The summed E-state index contributed by atoms with van der Waals surface area (Å²) in [6, 6.07) is 13.6. The third kappa shape index (κ3) is 4.90. The molecule has 1 fully saturated rings. The molecule has 0 aliphatic carbocycles. The number of likely N-dealkylation sites (tertiary alicyclic amines) is 1. The van der Waals surface area contributed by atoms with Gasteiger partial charge in [-0.3, -0.25) is 9.69 Å². The molecule has 0 bridgehead atoms. The van der Waals surface area contributed by atoms with Gasteiger partial charge in [0.1, 0.15) is 5.82 Å². The van der Waals surface area contributed by atoms with Gasteiger partial charge >= 0.3 is 0 Å². The number of aliphatic hydroxyl groups is 1. The fraction of sp³-hybridized carbons (Fsp3) is 0.381. The molecule has 0 unspecified atom stereocenters. The number of aliphatic hydroxyl groups excluding tert-OH is 1. The molecule has 2 aromatic carbocycles. The van der Waals surface area contributed by atoms with Crippen molar-refractivity contribution in [3.63, 3.8) is 0 Å². The summed E-state index contributed by atoms with van der Waals surface area (Å²) in [5.41, 5.74) is 1.91. The van der Waals surface area contributed by atoms with Crippen molar-refractivity contribution in [1.29, 1.82) is 0 Å². The van der Waals surface area contributed by atoms with E-state index in [0.29, 0.717) is 5.56 Å². The molecule has 4 nitrogen and oxygen atoms in total. The second-order valence-electron chi connectivity index (χ2n) is 6.78. The molecule has 1 atom stereocenters. The monoisotopic (exact) mass is 356 g/mol. The highest BCUT2D eigenvalue weighted by molar-refractivity contribution is 5.94. The van der Waals surface area contributed by atoms with Crippen LogP contribution in [0, 0.1) is 5.82 Å². The van der Waals surface area contributed by atoms with Crippen LogP contribution >= 0.6 is 0 Å². The molecule has 0 spiro atoms. The average molecular weight is 356 g/mol. The van der Waals surface area contributed by atoms with E-state index in [0.717, 1.165) is 19.6 Å². The largest absolute Gasteiger partial charge is 0.386 e. The van der Waals surface area contributed by atoms with Crippen molar-refractivity contribution >= 4 is 5.91 Å². The Morgan fingerprint density at radius 2 is 1.77 bits per heavy atom. The van der Waals surface area contributed by atoms with Gasteiger partial charge in [-0.2, -0.15) is 0 Å².